The molecule has 9 heteroatoms. The first-order valence-corrected chi connectivity index (χ1v) is 12.6. The van der Waals surface area contributed by atoms with Gasteiger partial charge >= 0.3 is 0 Å². The number of carbonyl (C=O) groups excluding carboxylic acids is 1. The summed E-state index contributed by atoms with van der Waals surface area (Å²) >= 11 is 0. The maximum atomic E-state index is 12.6. The van der Waals surface area contributed by atoms with E-state index in [1.54, 1.807) is 24.3 Å². The number of para-hydroxylation sites is 2. The molecule has 1 aromatic heterocycles. The number of hydrogen-bond acceptors (Lipinski definition) is 6. The van der Waals surface area contributed by atoms with Crippen LogP contribution < -0.4 is 14.9 Å². The Bertz CT molecular complexity index is 1200. The van der Waals surface area contributed by atoms with Crippen molar-refractivity contribution in [1.29, 1.82) is 0 Å². The molecule has 2 N–H and O–H groups in total. The summed E-state index contributed by atoms with van der Waals surface area (Å²) in [4.78, 5) is 19.1. The Hall–Kier alpha value is -2.91. The van der Waals surface area contributed by atoms with E-state index in [9.17, 15) is 13.2 Å². The molecule has 1 amide bonds. The highest BCUT2D eigenvalue weighted by atomic mass is 32.2. The van der Waals surface area contributed by atoms with E-state index < -0.39 is 10.0 Å². The zero-order valence-electron chi connectivity index (χ0n) is 19.2. The molecule has 0 saturated carbocycles. The van der Waals surface area contributed by atoms with Gasteiger partial charge in [0.2, 0.25) is 15.9 Å². The fraction of sp³-hybridized carbons (Fsp3) is 0.417. The van der Waals surface area contributed by atoms with Gasteiger partial charge in [0.15, 0.2) is 5.58 Å². The van der Waals surface area contributed by atoms with Gasteiger partial charge in [-0.15, -0.1) is 0 Å². The van der Waals surface area contributed by atoms with Crippen LogP contribution in [0.2, 0.25) is 0 Å². The van der Waals surface area contributed by atoms with Crippen LogP contribution >= 0.6 is 0 Å². The highest BCUT2D eigenvalue weighted by Crippen LogP contribution is 2.28. The van der Waals surface area contributed by atoms with Gasteiger partial charge in [0.1, 0.15) is 5.52 Å². The highest BCUT2D eigenvalue weighted by Gasteiger charge is 2.29. The number of nitrogens with zero attached hydrogens (tertiary/aromatic N) is 2. The molecule has 2 heterocycles. The SMILES string of the molecule is CC(C)(C)c1ccc(S(=O)(=O)NCC(=O)NCC2CCCN2c2nc3ccccc3o2)cc1. The first kappa shape index (κ1) is 23.3. The van der Waals surface area contributed by atoms with Crippen molar-refractivity contribution in [3.63, 3.8) is 0 Å². The van der Waals surface area contributed by atoms with Crippen molar-refractivity contribution in [2.45, 2.75) is 50.0 Å². The minimum absolute atomic E-state index is 0.0450. The lowest BCUT2D eigenvalue weighted by Crippen LogP contribution is -2.43. The minimum Gasteiger partial charge on any atom is -0.423 e. The number of hydrogen-bond donors (Lipinski definition) is 2. The average Bonchev–Trinajstić information content (AvgIpc) is 3.42. The van der Waals surface area contributed by atoms with Crippen molar-refractivity contribution in [2.24, 2.45) is 0 Å². The Kier molecular flexibility index (Phi) is 6.45. The van der Waals surface area contributed by atoms with E-state index in [-0.39, 0.29) is 28.8 Å². The Labute approximate surface area is 194 Å². The predicted molar refractivity (Wildman–Crippen MR) is 128 cm³/mol. The third-order valence-electron chi connectivity index (χ3n) is 5.89. The van der Waals surface area contributed by atoms with Gasteiger partial charge in [0.05, 0.1) is 17.5 Å². The number of rotatable bonds is 7. The molecule has 0 bridgehead atoms. The molecule has 176 valence electrons. The summed E-state index contributed by atoms with van der Waals surface area (Å²) in [6, 6.07) is 14.9. The van der Waals surface area contributed by atoms with Gasteiger partial charge in [0, 0.05) is 13.1 Å². The van der Waals surface area contributed by atoms with Crippen LogP contribution in [0.25, 0.3) is 11.1 Å². The van der Waals surface area contributed by atoms with Crippen molar-refractivity contribution in [3.8, 4) is 0 Å². The summed E-state index contributed by atoms with van der Waals surface area (Å²) in [5.74, 6) is -0.380. The Morgan fingerprint density at radius 2 is 1.88 bits per heavy atom. The van der Waals surface area contributed by atoms with Crippen LogP contribution in [0, 0.1) is 0 Å². The number of carbonyl (C=O) groups is 1. The molecule has 1 saturated heterocycles. The van der Waals surface area contributed by atoms with Crippen LogP contribution in [0.4, 0.5) is 6.01 Å². The van der Waals surface area contributed by atoms with E-state index in [4.69, 9.17) is 4.42 Å². The zero-order valence-corrected chi connectivity index (χ0v) is 20.0. The molecule has 1 atom stereocenters. The standard InChI is InChI=1S/C24H30N4O4S/c1-24(2,3)17-10-12-19(13-11-17)33(30,31)26-16-22(29)25-15-18-7-6-14-28(18)23-27-20-8-4-5-9-21(20)32-23/h4-5,8-13,18,26H,6-7,14-16H2,1-3H3,(H,25,29). The molecule has 0 spiro atoms. The second kappa shape index (κ2) is 9.15. The normalized spacial score (nSPS) is 16.9. The molecule has 3 aromatic rings. The molecule has 2 aromatic carbocycles. The maximum absolute atomic E-state index is 12.6. The van der Waals surface area contributed by atoms with Crippen LogP contribution in [0.1, 0.15) is 39.2 Å². The van der Waals surface area contributed by atoms with Gasteiger partial charge in [-0.25, -0.2) is 13.1 Å². The molecule has 1 aliphatic heterocycles. The predicted octanol–water partition coefficient (Wildman–Crippen LogP) is 3.19. The lowest BCUT2D eigenvalue weighted by molar-refractivity contribution is -0.120. The van der Waals surface area contributed by atoms with Crippen molar-refractivity contribution in [2.75, 3.05) is 24.5 Å². The van der Waals surface area contributed by atoms with Crippen LogP contribution in [0.15, 0.2) is 57.8 Å². The quantitative estimate of drug-likeness (QED) is 0.550. The molecular weight excluding hydrogens is 440 g/mol. The van der Waals surface area contributed by atoms with Crippen molar-refractivity contribution in [1.82, 2.24) is 15.0 Å². The van der Waals surface area contributed by atoms with Crippen molar-refractivity contribution < 1.29 is 17.6 Å². The van der Waals surface area contributed by atoms with E-state index in [2.05, 4.69) is 40.7 Å². The Balaban J connectivity index is 1.31. The lowest BCUT2D eigenvalue weighted by Gasteiger charge is -2.23. The topological polar surface area (TPSA) is 105 Å². The number of fused-ring (bicyclic) bond motifs is 1. The number of amides is 1. The van der Waals surface area contributed by atoms with Crippen LogP contribution in [-0.2, 0) is 20.2 Å². The minimum atomic E-state index is -3.77. The monoisotopic (exact) mass is 470 g/mol. The summed E-state index contributed by atoms with van der Waals surface area (Å²) in [5.41, 5.74) is 2.50. The smallest absolute Gasteiger partial charge is 0.298 e. The van der Waals surface area contributed by atoms with E-state index in [0.29, 0.717) is 12.6 Å². The first-order valence-electron chi connectivity index (χ1n) is 11.1. The fourth-order valence-corrected chi connectivity index (χ4v) is 4.94. The molecule has 0 radical (unpaired) electrons. The molecule has 1 fully saturated rings. The summed E-state index contributed by atoms with van der Waals surface area (Å²) in [6.45, 7) is 7.06. The van der Waals surface area contributed by atoms with Gasteiger partial charge in [-0.3, -0.25) is 4.79 Å². The second-order valence-corrected chi connectivity index (χ2v) is 11.1. The van der Waals surface area contributed by atoms with E-state index >= 15 is 0 Å². The van der Waals surface area contributed by atoms with E-state index in [1.807, 2.05) is 24.3 Å². The molecule has 0 aliphatic carbocycles. The third kappa shape index (κ3) is 5.36. The summed E-state index contributed by atoms with van der Waals surface area (Å²) in [6.07, 6.45) is 1.86. The second-order valence-electron chi connectivity index (χ2n) is 9.36. The summed E-state index contributed by atoms with van der Waals surface area (Å²) in [5, 5.41) is 2.83. The summed E-state index contributed by atoms with van der Waals surface area (Å²) < 4.78 is 33.4. The first-order chi connectivity index (χ1) is 15.6. The van der Waals surface area contributed by atoms with Crippen molar-refractivity contribution >= 4 is 33.0 Å². The van der Waals surface area contributed by atoms with Gasteiger partial charge in [-0.2, -0.15) is 4.98 Å². The number of aromatic nitrogens is 1. The molecule has 4 rings (SSSR count). The van der Waals surface area contributed by atoms with E-state index in [0.717, 1.165) is 36.0 Å². The van der Waals surface area contributed by atoms with Crippen LogP contribution in [-0.4, -0.2) is 45.0 Å². The third-order valence-corrected chi connectivity index (χ3v) is 7.31. The van der Waals surface area contributed by atoms with E-state index in [1.165, 1.54) is 0 Å². The molecule has 33 heavy (non-hydrogen) atoms. The molecule has 1 unspecified atom stereocenters. The molecule has 8 nitrogen and oxygen atoms in total. The highest BCUT2D eigenvalue weighted by molar-refractivity contribution is 7.89. The van der Waals surface area contributed by atoms with Gasteiger partial charge in [0.25, 0.3) is 6.01 Å². The number of sulfonamides is 1. The fourth-order valence-electron chi connectivity index (χ4n) is 3.95. The molecule has 1 aliphatic rings. The summed E-state index contributed by atoms with van der Waals surface area (Å²) in [7, 11) is -3.77. The Morgan fingerprint density at radius 3 is 2.58 bits per heavy atom. The molecular formula is C24H30N4O4S. The average molecular weight is 471 g/mol. The largest absolute Gasteiger partial charge is 0.423 e. The number of oxazole rings is 1. The van der Waals surface area contributed by atoms with Gasteiger partial charge < -0.3 is 14.6 Å². The lowest BCUT2D eigenvalue weighted by atomic mass is 9.87. The maximum Gasteiger partial charge on any atom is 0.298 e. The zero-order chi connectivity index (χ0) is 23.6. The van der Waals surface area contributed by atoms with Crippen molar-refractivity contribution in [3.05, 3.63) is 54.1 Å². The number of nitrogens with one attached hydrogen (secondary N) is 2. The van der Waals surface area contributed by atoms with Gasteiger partial charge in [-0.05, 0) is 48.1 Å². The number of benzene rings is 2. The Morgan fingerprint density at radius 1 is 1.15 bits per heavy atom. The van der Waals surface area contributed by atoms with Crippen LogP contribution in [0.5, 0.6) is 0 Å². The van der Waals surface area contributed by atoms with Crippen LogP contribution in [0.3, 0.4) is 0 Å². The number of anilines is 1. The van der Waals surface area contributed by atoms with Gasteiger partial charge in [-0.1, -0.05) is 45.0 Å².